The van der Waals surface area contributed by atoms with Crippen molar-refractivity contribution in [1.82, 2.24) is 15.3 Å². The Bertz CT molecular complexity index is 565. The lowest BCUT2D eigenvalue weighted by molar-refractivity contribution is 0.0942. The molecular formula is C14H17N3OS. The largest absolute Gasteiger partial charge is 0.349 e. The first kappa shape index (κ1) is 13.7. The molecule has 0 spiro atoms. The van der Waals surface area contributed by atoms with Crippen LogP contribution >= 0.6 is 11.3 Å². The number of hydrogen-bond acceptors (Lipinski definition) is 4. The van der Waals surface area contributed by atoms with E-state index in [1.165, 1.54) is 11.3 Å². The van der Waals surface area contributed by atoms with Crippen molar-refractivity contribution in [3.8, 4) is 10.6 Å². The first-order chi connectivity index (χ1) is 9.11. The highest BCUT2D eigenvalue weighted by molar-refractivity contribution is 7.17. The Labute approximate surface area is 116 Å². The molecule has 0 bridgehead atoms. The number of pyridine rings is 1. The van der Waals surface area contributed by atoms with E-state index in [-0.39, 0.29) is 11.9 Å². The summed E-state index contributed by atoms with van der Waals surface area (Å²) in [6.07, 6.45) is 4.37. The number of carbonyl (C=O) groups is 1. The molecule has 0 aliphatic rings. The Morgan fingerprint density at radius 1 is 1.42 bits per heavy atom. The molecular weight excluding hydrogens is 258 g/mol. The SMILES string of the molecule is CCC(C)NC(=O)c1sc(-c2ccncc2)nc1C. The van der Waals surface area contributed by atoms with E-state index in [2.05, 4.69) is 15.3 Å². The van der Waals surface area contributed by atoms with Gasteiger partial charge in [0.25, 0.3) is 5.91 Å². The maximum absolute atomic E-state index is 12.1. The average molecular weight is 275 g/mol. The van der Waals surface area contributed by atoms with Crippen molar-refractivity contribution in [3.05, 3.63) is 35.1 Å². The molecule has 1 unspecified atom stereocenters. The Balaban J connectivity index is 2.24. The van der Waals surface area contributed by atoms with Crippen molar-refractivity contribution >= 4 is 17.2 Å². The van der Waals surface area contributed by atoms with E-state index >= 15 is 0 Å². The molecule has 2 aromatic rings. The summed E-state index contributed by atoms with van der Waals surface area (Å²) in [6, 6.07) is 3.97. The molecule has 1 N–H and O–H groups in total. The van der Waals surface area contributed by atoms with Gasteiger partial charge in [-0.1, -0.05) is 6.92 Å². The lowest BCUT2D eigenvalue weighted by atomic mass is 10.2. The topological polar surface area (TPSA) is 54.9 Å². The number of aromatic nitrogens is 2. The van der Waals surface area contributed by atoms with Gasteiger partial charge in [0, 0.05) is 24.0 Å². The molecule has 5 heteroatoms. The Morgan fingerprint density at radius 3 is 2.74 bits per heavy atom. The van der Waals surface area contributed by atoms with Gasteiger partial charge in [-0.2, -0.15) is 0 Å². The third-order valence-corrected chi connectivity index (χ3v) is 4.13. The summed E-state index contributed by atoms with van der Waals surface area (Å²) in [6.45, 7) is 5.91. The maximum atomic E-state index is 12.1. The van der Waals surface area contributed by atoms with Gasteiger partial charge in [-0.25, -0.2) is 4.98 Å². The van der Waals surface area contributed by atoms with Crippen LogP contribution in [-0.4, -0.2) is 21.9 Å². The smallest absolute Gasteiger partial charge is 0.263 e. The monoisotopic (exact) mass is 275 g/mol. The van der Waals surface area contributed by atoms with E-state index < -0.39 is 0 Å². The van der Waals surface area contributed by atoms with E-state index in [0.29, 0.717) is 4.88 Å². The number of amides is 1. The van der Waals surface area contributed by atoms with Crippen LogP contribution in [-0.2, 0) is 0 Å². The molecule has 2 heterocycles. The van der Waals surface area contributed by atoms with E-state index in [9.17, 15) is 4.79 Å². The second-order valence-corrected chi connectivity index (χ2v) is 5.45. The molecule has 1 atom stereocenters. The van der Waals surface area contributed by atoms with Crippen molar-refractivity contribution in [3.63, 3.8) is 0 Å². The van der Waals surface area contributed by atoms with Crippen molar-refractivity contribution in [2.75, 3.05) is 0 Å². The summed E-state index contributed by atoms with van der Waals surface area (Å²) in [4.78, 5) is 21.3. The van der Waals surface area contributed by atoms with Crippen LogP contribution in [0.15, 0.2) is 24.5 Å². The third kappa shape index (κ3) is 3.17. The lowest BCUT2D eigenvalue weighted by Crippen LogP contribution is -2.31. The van der Waals surface area contributed by atoms with Crippen molar-refractivity contribution in [2.24, 2.45) is 0 Å². The molecule has 0 saturated heterocycles. The molecule has 2 rings (SSSR count). The van der Waals surface area contributed by atoms with Crippen LogP contribution < -0.4 is 5.32 Å². The zero-order chi connectivity index (χ0) is 13.8. The van der Waals surface area contributed by atoms with Gasteiger partial charge in [-0.15, -0.1) is 11.3 Å². The molecule has 0 aromatic carbocycles. The highest BCUT2D eigenvalue weighted by Crippen LogP contribution is 2.27. The minimum atomic E-state index is -0.0374. The van der Waals surface area contributed by atoms with Crippen molar-refractivity contribution in [2.45, 2.75) is 33.2 Å². The highest BCUT2D eigenvalue weighted by atomic mass is 32.1. The minimum absolute atomic E-state index is 0.0374. The van der Waals surface area contributed by atoms with E-state index in [1.807, 2.05) is 32.9 Å². The maximum Gasteiger partial charge on any atom is 0.263 e. The van der Waals surface area contributed by atoms with Gasteiger partial charge in [0.2, 0.25) is 0 Å². The highest BCUT2D eigenvalue weighted by Gasteiger charge is 2.17. The Morgan fingerprint density at radius 2 is 2.11 bits per heavy atom. The molecule has 100 valence electrons. The molecule has 0 aliphatic heterocycles. The number of rotatable bonds is 4. The fraction of sp³-hybridized carbons (Fsp3) is 0.357. The van der Waals surface area contributed by atoms with Gasteiger partial charge in [0.1, 0.15) is 9.88 Å². The normalized spacial score (nSPS) is 12.2. The summed E-state index contributed by atoms with van der Waals surface area (Å²) in [7, 11) is 0. The number of thiazole rings is 1. The summed E-state index contributed by atoms with van der Waals surface area (Å²) < 4.78 is 0. The van der Waals surface area contributed by atoms with Gasteiger partial charge >= 0.3 is 0 Å². The Kier molecular flexibility index (Phi) is 4.27. The minimum Gasteiger partial charge on any atom is -0.349 e. The number of aryl methyl sites for hydroxylation is 1. The number of nitrogens with zero attached hydrogens (tertiary/aromatic N) is 2. The first-order valence-electron chi connectivity index (χ1n) is 6.30. The van der Waals surface area contributed by atoms with E-state index in [4.69, 9.17) is 0 Å². The van der Waals surface area contributed by atoms with Gasteiger partial charge < -0.3 is 5.32 Å². The number of carbonyl (C=O) groups excluding carboxylic acids is 1. The molecule has 2 aromatic heterocycles. The van der Waals surface area contributed by atoms with Crippen LogP contribution in [0.5, 0.6) is 0 Å². The molecule has 0 aliphatic carbocycles. The van der Waals surface area contributed by atoms with Gasteiger partial charge in [-0.05, 0) is 32.4 Å². The Hall–Kier alpha value is -1.75. The standard InChI is InChI=1S/C14H17N3OS/c1-4-9(2)16-13(18)12-10(3)17-14(19-12)11-5-7-15-8-6-11/h5-9H,4H2,1-3H3,(H,16,18). The van der Waals surface area contributed by atoms with Crippen LogP contribution in [0.25, 0.3) is 10.6 Å². The van der Waals surface area contributed by atoms with Crippen LogP contribution in [0, 0.1) is 6.92 Å². The predicted octanol–water partition coefficient (Wildman–Crippen LogP) is 3.04. The lowest BCUT2D eigenvalue weighted by Gasteiger charge is -2.09. The molecule has 0 radical (unpaired) electrons. The van der Waals surface area contributed by atoms with Crippen molar-refractivity contribution in [1.29, 1.82) is 0 Å². The van der Waals surface area contributed by atoms with Crippen LogP contribution in [0.1, 0.15) is 35.6 Å². The molecule has 19 heavy (non-hydrogen) atoms. The number of hydrogen-bond donors (Lipinski definition) is 1. The van der Waals surface area contributed by atoms with Gasteiger partial charge in [0.15, 0.2) is 0 Å². The summed E-state index contributed by atoms with van der Waals surface area (Å²) >= 11 is 1.42. The van der Waals surface area contributed by atoms with E-state index in [1.54, 1.807) is 12.4 Å². The average Bonchev–Trinajstić information content (AvgIpc) is 2.81. The zero-order valence-electron chi connectivity index (χ0n) is 11.3. The summed E-state index contributed by atoms with van der Waals surface area (Å²) in [5.74, 6) is -0.0374. The molecule has 4 nitrogen and oxygen atoms in total. The second-order valence-electron chi connectivity index (χ2n) is 4.45. The van der Waals surface area contributed by atoms with Crippen LogP contribution in [0.4, 0.5) is 0 Å². The van der Waals surface area contributed by atoms with E-state index in [0.717, 1.165) is 22.7 Å². The summed E-state index contributed by atoms with van der Waals surface area (Å²) in [5.41, 5.74) is 1.77. The first-order valence-corrected chi connectivity index (χ1v) is 7.12. The van der Waals surface area contributed by atoms with Gasteiger partial charge in [0.05, 0.1) is 5.69 Å². The molecule has 1 amide bonds. The third-order valence-electron chi connectivity index (χ3n) is 2.92. The molecule has 0 fully saturated rings. The van der Waals surface area contributed by atoms with Crippen LogP contribution in [0.3, 0.4) is 0 Å². The number of nitrogens with one attached hydrogen (secondary N) is 1. The zero-order valence-corrected chi connectivity index (χ0v) is 12.1. The fourth-order valence-electron chi connectivity index (χ4n) is 1.62. The molecule has 0 saturated carbocycles. The van der Waals surface area contributed by atoms with Crippen LogP contribution in [0.2, 0.25) is 0 Å². The van der Waals surface area contributed by atoms with Gasteiger partial charge in [-0.3, -0.25) is 9.78 Å². The fourth-order valence-corrected chi connectivity index (χ4v) is 2.59. The summed E-state index contributed by atoms with van der Waals surface area (Å²) in [5, 5.41) is 3.83. The predicted molar refractivity (Wildman–Crippen MR) is 77.3 cm³/mol. The second kappa shape index (κ2) is 5.93. The van der Waals surface area contributed by atoms with Crippen molar-refractivity contribution < 1.29 is 4.79 Å². The quantitative estimate of drug-likeness (QED) is 0.933.